The van der Waals surface area contributed by atoms with Crippen LogP contribution in [-0.4, -0.2) is 69.2 Å². The molecule has 7 heteroatoms. The summed E-state index contributed by atoms with van der Waals surface area (Å²) < 4.78 is 5.24. The molecule has 0 aromatic rings. The molecule has 1 heterocycles. The van der Waals surface area contributed by atoms with Gasteiger partial charge in [-0.15, -0.1) is 0 Å². The van der Waals surface area contributed by atoms with Gasteiger partial charge in [-0.1, -0.05) is 0 Å². The van der Waals surface area contributed by atoms with E-state index in [9.17, 15) is 9.59 Å². The van der Waals surface area contributed by atoms with Crippen LogP contribution in [0.25, 0.3) is 0 Å². The van der Waals surface area contributed by atoms with Crippen molar-refractivity contribution in [2.24, 2.45) is 5.73 Å². The first-order valence-electron chi connectivity index (χ1n) is 5.69. The van der Waals surface area contributed by atoms with Crippen LogP contribution in [0.5, 0.6) is 0 Å². The van der Waals surface area contributed by atoms with Crippen molar-refractivity contribution in [2.75, 3.05) is 46.4 Å². The number of carbonyl (C=O) groups excluding carboxylic acids is 2. The molecule has 7 nitrogen and oxygen atoms in total. The van der Waals surface area contributed by atoms with E-state index >= 15 is 0 Å². The number of ether oxygens (including phenoxy) is 1. The largest absolute Gasteiger partial charge is 0.378 e. The zero-order chi connectivity index (χ0) is 12.7. The molecule has 1 aliphatic heterocycles. The number of nitrogens with one attached hydrogen (secondary N) is 2. The molecule has 1 rings (SSSR count). The van der Waals surface area contributed by atoms with Crippen molar-refractivity contribution in [3.8, 4) is 0 Å². The second-order valence-electron chi connectivity index (χ2n) is 3.81. The molecule has 0 spiro atoms. The average Bonchev–Trinajstić information content (AvgIpc) is 2.36. The zero-order valence-corrected chi connectivity index (χ0v) is 10.1. The quantitative estimate of drug-likeness (QED) is 0.497. The monoisotopic (exact) mass is 244 g/mol. The third-order valence-corrected chi connectivity index (χ3v) is 2.60. The fraction of sp³-hybridized carbons (Fsp3) is 0.800. The molecule has 98 valence electrons. The normalized spacial score (nSPS) is 20.9. The van der Waals surface area contributed by atoms with Crippen molar-refractivity contribution in [3.63, 3.8) is 0 Å². The second-order valence-corrected chi connectivity index (χ2v) is 3.81. The SMILES string of the molecule is CNC(=O)C1COCCN1CC(=O)NCCN. The molecular weight excluding hydrogens is 224 g/mol. The smallest absolute Gasteiger partial charge is 0.239 e. The van der Waals surface area contributed by atoms with Crippen molar-refractivity contribution in [1.82, 2.24) is 15.5 Å². The van der Waals surface area contributed by atoms with Gasteiger partial charge < -0.3 is 21.1 Å². The molecule has 1 saturated heterocycles. The molecular formula is C10H20N4O3. The topological polar surface area (TPSA) is 96.7 Å². The summed E-state index contributed by atoms with van der Waals surface area (Å²) in [6.07, 6.45) is 0. The maximum atomic E-state index is 11.6. The first-order chi connectivity index (χ1) is 8.19. The Morgan fingerprint density at radius 2 is 2.29 bits per heavy atom. The summed E-state index contributed by atoms with van der Waals surface area (Å²) in [5, 5.41) is 5.25. The minimum absolute atomic E-state index is 0.119. The molecule has 1 fully saturated rings. The molecule has 17 heavy (non-hydrogen) atoms. The Hall–Kier alpha value is -1.18. The van der Waals surface area contributed by atoms with Crippen LogP contribution >= 0.6 is 0 Å². The number of carbonyl (C=O) groups is 2. The van der Waals surface area contributed by atoms with Crippen LogP contribution in [-0.2, 0) is 14.3 Å². The number of nitrogens with zero attached hydrogens (tertiary/aromatic N) is 1. The molecule has 1 atom stereocenters. The standard InChI is InChI=1S/C10H20N4O3/c1-12-10(16)8-7-17-5-4-14(8)6-9(15)13-3-2-11/h8H,2-7,11H2,1H3,(H,12,16)(H,13,15). The highest BCUT2D eigenvalue weighted by atomic mass is 16.5. The summed E-state index contributed by atoms with van der Waals surface area (Å²) in [5.74, 6) is -0.248. The van der Waals surface area contributed by atoms with Gasteiger partial charge >= 0.3 is 0 Å². The van der Waals surface area contributed by atoms with E-state index in [-0.39, 0.29) is 18.4 Å². The highest BCUT2D eigenvalue weighted by molar-refractivity contribution is 5.83. The minimum atomic E-state index is -0.391. The van der Waals surface area contributed by atoms with Crippen LogP contribution in [0.2, 0.25) is 0 Å². The Balaban J connectivity index is 2.47. The number of likely N-dealkylation sites (N-methyl/N-ethyl adjacent to an activating group) is 1. The van der Waals surface area contributed by atoms with Gasteiger partial charge in [-0.25, -0.2) is 0 Å². The van der Waals surface area contributed by atoms with Crippen LogP contribution in [0, 0.1) is 0 Å². The highest BCUT2D eigenvalue weighted by Gasteiger charge is 2.29. The van der Waals surface area contributed by atoms with Crippen LogP contribution in [0.3, 0.4) is 0 Å². The van der Waals surface area contributed by atoms with Gasteiger partial charge in [-0.2, -0.15) is 0 Å². The van der Waals surface area contributed by atoms with Crippen LogP contribution in [0.4, 0.5) is 0 Å². The van der Waals surface area contributed by atoms with Gasteiger partial charge in [0, 0.05) is 26.7 Å². The van der Waals surface area contributed by atoms with Gasteiger partial charge in [0.15, 0.2) is 0 Å². The van der Waals surface area contributed by atoms with E-state index in [0.717, 1.165) is 0 Å². The van der Waals surface area contributed by atoms with E-state index in [1.165, 1.54) is 0 Å². The number of nitrogens with two attached hydrogens (primary N) is 1. The van der Waals surface area contributed by atoms with Crippen LogP contribution in [0.1, 0.15) is 0 Å². The van der Waals surface area contributed by atoms with Gasteiger partial charge in [-0.05, 0) is 0 Å². The molecule has 2 amide bonds. The van der Waals surface area contributed by atoms with Crippen molar-refractivity contribution in [3.05, 3.63) is 0 Å². The third kappa shape index (κ3) is 4.29. The molecule has 0 aromatic carbocycles. The number of amides is 2. The van der Waals surface area contributed by atoms with E-state index in [2.05, 4.69) is 10.6 Å². The van der Waals surface area contributed by atoms with Crippen molar-refractivity contribution >= 4 is 11.8 Å². The summed E-state index contributed by atoms with van der Waals surface area (Å²) in [4.78, 5) is 24.9. The predicted molar refractivity (Wildman–Crippen MR) is 62.3 cm³/mol. The van der Waals surface area contributed by atoms with E-state index in [1.807, 2.05) is 4.90 Å². The number of hydrogen-bond acceptors (Lipinski definition) is 5. The predicted octanol–water partition coefficient (Wildman–Crippen LogP) is -2.49. The number of morpholine rings is 1. The zero-order valence-electron chi connectivity index (χ0n) is 10.1. The fourth-order valence-electron chi connectivity index (χ4n) is 1.69. The van der Waals surface area contributed by atoms with Gasteiger partial charge in [-0.3, -0.25) is 14.5 Å². The first kappa shape index (κ1) is 13.9. The lowest BCUT2D eigenvalue weighted by molar-refractivity contribution is -0.134. The summed E-state index contributed by atoms with van der Waals surface area (Å²) >= 11 is 0. The molecule has 0 radical (unpaired) electrons. The molecule has 1 aliphatic rings. The van der Waals surface area contributed by atoms with E-state index in [0.29, 0.717) is 32.8 Å². The Labute approximate surface area is 101 Å². The maximum Gasteiger partial charge on any atom is 0.239 e. The lowest BCUT2D eigenvalue weighted by Gasteiger charge is -2.33. The van der Waals surface area contributed by atoms with Gasteiger partial charge in [0.05, 0.1) is 19.8 Å². The lowest BCUT2D eigenvalue weighted by Crippen LogP contribution is -2.55. The summed E-state index contributed by atoms with van der Waals surface area (Å²) in [6, 6.07) is -0.391. The average molecular weight is 244 g/mol. The van der Waals surface area contributed by atoms with Crippen molar-refractivity contribution < 1.29 is 14.3 Å². The molecule has 0 aromatic heterocycles. The van der Waals surface area contributed by atoms with Crippen LogP contribution in [0.15, 0.2) is 0 Å². The third-order valence-electron chi connectivity index (χ3n) is 2.60. The van der Waals surface area contributed by atoms with Gasteiger partial charge in [0.25, 0.3) is 0 Å². The molecule has 0 aliphatic carbocycles. The van der Waals surface area contributed by atoms with Crippen molar-refractivity contribution in [1.29, 1.82) is 0 Å². The summed E-state index contributed by atoms with van der Waals surface area (Å²) in [6.45, 7) is 2.50. The van der Waals surface area contributed by atoms with Gasteiger partial charge in [0.1, 0.15) is 6.04 Å². The fourth-order valence-corrected chi connectivity index (χ4v) is 1.69. The first-order valence-corrected chi connectivity index (χ1v) is 5.69. The molecule has 0 bridgehead atoms. The Kier molecular flexibility index (Phi) is 5.88. The highest BCUT2D eigenvalue weighted by Crippen LogP contribution is 2.06. The summed E-state index contributed by atoms with van der Waals surface area (Å²) in [5.41, 5.74) is 5.29. The second kappa shape index (κ2) is 7.21. The Morgan fingerprint density at radius 1 is 1.53 bits per heavy atom. The Morgan fingerprint density at radius 3 is 2.94 bits per heavy atom. The molecule has 1 unspecified atom stereocenters. The lowest BCUT2D eigenvalue weighted by atomic mass is 10.2. The van der Waals surface area contributed by atoms with Crippen molar-refractivity contribution in [2.45, 2.75) is 6.04 Å². The summed E-state index contributed by atoms with van der Waals surface area (Å²) in [7, 11) is 1.57. The Bertz CT molecular complexity index is 272. The molecule has 0 saturated carbocycles. The minimum Gasteiger partial charge on any atom is -0.378 e. The van der Waals surface area contributed by atoms with Gasteiger partial charge in [0.2, 0.25) is 11.8 Å². The van der Waals surface area contributed by atoms with Crippen LogP contribution < -0.4 is 16.4 Å². The number of rotatable bonds is 5. The molecule has 4 N–H and O–H groups in total. The number of hydrogen-bond donors (Lipinski definition) is 3. The van der Waals surface area contributed by atoms with E-state index in [1.54, 1.807) is 7.05 Å². The van der Waals surface area contributed by atoms with E-state index < -0.39 is 6.04 Å². The maximum absolute atomic E-state index is 11.6. The van der Waals surface area contributed by atoms with E-state index in [4.69, 9.17) is 10.5 Å².